The van der Waals surface area contributed by atoms with Gasteiger partial charge in [0.15, 0.2) is 0 Å². The Kier molecular flexibility index (Phi) is 1.52. The standard InChI is InChI=1S/C4H2F2N2S/c5-3-4(6)8-2(9)1-7-3/h1H,(H,8,9). The zero-order valence-corrected chi connectivity index (χ0v) is 5.01. The molecule has 0 amide bonds. The van der Waals surface area contributed by atoms with Crippen LogP contribution in [-0.4, -0.2) is 9.97 Å². The van der Waals surface area contributed by atoms with Gasteiger partial charge in [0, 0.05) is 0 Å². The molecule has 0 saturated heterocycles. The third-order valence-corrected chi connectivity index (χ3v) is 0.917. The molecule has 2 nitrogen and oxygen atoms in total. The van der Waals surface area contributed by atoms with Crippen LogP contribution in [-0.2, 0) is 0 Å². The Hall–Kier alpha value is -0.840. The highest BCUT2D eigenvalue weighted by atomic mass is 32.1. The number of halogens is 2. The number of nitrogens with one attached hydrogen (secondary N) is 1. The van der Waals surface area contributed by atoms with Crippen molar-refractivity contribution in [2.24, 2.45) is 0 Å². The predicted octanol–water partition coefficient (Wildman–Crippen LogP) is 1.42. The van der Waals surface area contributed by atoms with E-state index >= 15 is 0 Å². The van der Waals surface area contributed by atoms with Gasteiger partial charge in [-0.3, -0.25) is 0 Å². The Morgan fingerprint density at radius 1 is 1.56 bits per heavy atom. The third-order valence-electron chi connectivity index (χ3n) is 0.709. The molecule has 1 aromatic rings. The molecule has 48 valence electrons. The molecule has 0 spiro atoms. The van der Waals surface area contributed by atoms with Gasteiger partial charge in [-0.2, -0.15) is 8.78 Å². The van der Waals surface area contributed by atoms with E-state index in [1.807, 2.05) is 4.98 Å². The summed E-state index contributed by atoms with van der Waals surface area (Å²) in [6.07, 6.45) is 1.04. The first kappa shape index (κ1) is 6.28. The molecule has 0 saturated carbocycles. The lowest BCUT2D eigenvalue weighted by Gasteiger charge is -1.87. The van der Waals surface area contributed by atoms with Crippen molar-refractivity contribution < 1.29 is 8.78 Å². The molecule has 5 heteroatoms. The van der Waals surface area contributed by atoms with E-state index in [0.717, 1.165) is 6.20 Å². The zero-order valence-electron chi connectivity index (χ0n) is 4.19. The van der Waals surface area contributed by atoms with Gasteiger partial charge in [0.2, 0.25) is 5.95 Å². The van der Waals surface area contributed by atoms with Crippen LogP contribution in [0.3, 0.4) is 0 Å². The van der Waals surface area contributed by atoms with Crippen LogP contribution in [0, 0.1) is 16.5 Å². The number of hydrogen-bond donors (Lipinski definition) is 1. The fraction of sp³-hybridized carbons (Fsp3) is 0. The monoisotopic (exact) mass is 148 g/mol. The highest BCUT2D eigenvalue weighted by molar-refractivity contribution is 7.71. The Morgan fingerprint density at radius 3 is 2.67 bits per heavy atom. The molecule has 9 heavy (non-hydrogen) atoms. The lowest BCUT2D eigenvalue weighted by Crippen LogP contribution is -1.91. The number of aromatic amines is 1. The van der Waals surface area contributed by atoms with E-state index in [-0.39, 0.29) is 4.64 Å². The smallest absolute Gasteiger partial charge is 0.266 e. The number of aromatic nitrogens is 2. The van der Waals surface area contributed by atoms with E-state index in [9.17, 15) is 8.78 Å². The maximum absolute atomic E-state index is 12.0. The lowest BCUT2D eigenvalue weighted by atomic mass is 10.7. The highest BCUT2D eigenvalue weighted by Crippen LogP contribution is 1.95. The van der Waals surface area contributed by atoms with Crippen molar-refractivity contribution in [1.82, 2.24) is 9.97 Å². The van der Waals surface area contributed by atoms with E-state index in [1.54, 1.807) is 0 Å². The average molecular weight is 148 g/mol. The summed E-state index contributed by atoms with van der Waals surface area (Å²) < 4.78 is 24.0. The van der Waals surface area contributed by atoms with Crippen molar-refractivity contribution in [3.8, 4) is 0 Å². The summed E-state index contributed by atoms with van der Waals surface area (Å²) in [5.41, 5.74) is 0. The first-order chi connectivity index (χ1) is 4.20. The summed E-state index contributed by atoms with van der Waals surface area (Å²) in [6, 6.07) is 0. The molecule has 1 rings (SSSR count). The molecule has 1 heterocycles. The molecule has 0 bridgehead atoms. The molecule has 1 N–H and O–H groups in total. The average Bonchev–Trinajstić information content (AvgIpc) is 1.80. The normalized spacial score (nSPS) is 9.56. The van der Waals surface area contributed by atoms with Gasteiger partial charge in [-0.05, 0) is 0 Å². The fourth-order valence-corrected chi connectivity index (χ4v) is 0.506. The molecular formula is C4H2F2N2S. The summed E-state index contributed by atoms with van der Waals surface area (Å²) >= 11 is 4.43. The first-order valence-corrected chi connectivity index (χ1v) is 2.51. The van der Waals surface area contributed by atoms with Crippen molar-refractivity contribution in [3.05, 3.63) is 22.7 Å². The van der Waals surface area contributed by atoms with Crippen LogP contribution in [0.1, 0.15) is 0 Å². The van der Waals surface area contributed by atoms with Gasteiger partial charge in [0.25, 0.3) is 5.95 Å². The van der Waals surface area contributed by atoms with Crippen molar-refractivity contribution >= 4 is 12.2 Å². The second-order valence-corrected chi connectivity index (χ2v) is 1.79. The summed E-state index contributed by atoms with van der Waals surface area (Å²) in [4.78, 5) is 4.95. The molecule has 0 radical (unpaired) electrons. The maximum Gasteiger partial charge on any atom is 0.266 e. The molecule has 0 aromatic carbocycles. The van der Waals surface area contributed by atoms with Gasteiger partial charge in [-0.15, -0.1) is 0 Å². The van der Waals surface area contributed by atoms with Crippen LogP contribution in [0.25, 0.3) is 0 Å². The summed E-state index contributed by atoms with van der Waals surface area (Å²) in [5.74, 6) is -2.29. The summed E-state index contributed by atoms with van der Waals surface area (Å²) in [5, 5.41) is 0. The van der Waals surface area contributed by atoms with E-state index in [0.29, 0.717) is 0 Å². The van der Waals surface area contributed by atoms with Crippen LogP contribution in [0.15, 0.2) is 6.20 Å². The molecule has 1 aromatic heterocycles. The second kappa shape index (κ2) is 2.18. The van der Waals surface area contributed by atoms with Crippen molar-refractivity contribution in [3.63, 3.8) is 0 Å². The topological polar surface area (TPSA) is 28.7 Å². The predicted molar refractivity (Wildman–Crippen MR) is 29.3 cm³/mol. The minimum Gasteiger partial charge on any atom is -0.318 e. The van der Waals surface area contributed by atoms with E-state index < -0.39 is 11.9 Å². The van der Waals surface area contributed by atoms with Crippen LogP contribution in [0.4, 0.5) is 8.78 Å². The van der Waals surface area contributed by atoms with Gasteiger partial charge in [0.1, 0.15) is 4.64 Å². The number of H-pyrrole nitrogens is 1. The Labute approximate surface area is 54.6 Å². The number of rotatable bonds is 0. The SMILES string of the molecule is Fc1ncc(=S)[nH]c1F. The van der Waals surface area contributed by atoms with E-state index in [2.05, 4.69) is 17.2 Å². The second-order valence-electron chi connectivity index (χ2n) is 1.35. The Morgan fingerprint density at radius 2 is 2.22 bits per heavy atom. The molecule has 0 aliphatic rings. The Bertz CT molecular complexity index is 270. The van der Waals surface area contributed by atoms with Crippen molar-refractivity contribution in [2.45, 2.75) is 0 Å². The highest BCUT2D eigenvalue weighted by Gasteiger charge is 1.98. The van der Waals surface area contributed by atoms with Crippen LogP contribution in [0.5, 0.6) is 0 Å². The van der Waals surface area contributed by atoms with Crippen molar-refractivity contribution in [2.75, 3.05) is 0 Å². The van der Waals surface area contributed by atoms with E-state index in [4.69, 9.17) is 0 Å². The molecule has 0 unspecified atom stereocenters. The van der Waals surface area contributed by atoms with Gasteiger partial charge >= 0.3 is 0 Å². The van der Waals surface area contributed by atoms with Crippen molar-refractivity contribution in [1.29, 1.82) is 0 Å². The van der Waals surface area contributed by atoms with E-state index in [1.165, 1.54) is 0 Å². The fourth-order valence-electron chi connectivity index (χ4n) is 0.364. The molecule has 0 aliphatic carbocycles. The molecular weight excluding hydrogens is 146 g/mol. The minimum absolute atomic E-state index is 0.0777. The number of nitrogens with zero attached hydrogens (tertiary/aromatic N) is 1. The van der Waals surface area contributed by atoms with Gasteiger partial charge in [-0.1, -0.05) is 12.2 Å². The number of hydrogen-bond acceptors (Lipinski definition) is 2. The largest absolute Gasteiger partial charge is 0.318 e. The zero-order chi connectivity index (χ0) is 6.85. The quantitative estimate of drug-likeness (QED) is 0.563. The van der Waals surface area contributed by atoms with Crippen LogP contribution < -0.4 is 0 Å². The molecule has 0 aliphatic heterocycles. The van der Waals surface area contributed by atoms with Gasteiger partial charge in [-0.25, -0.2) is 4.98 Å². The van der Waals surface area contributed by atoms with Crippen LogP contribution >= 0.6 is 12.2 Å². The maximum atomic E-state index is 12.0. The molecule has 0 atom stereocenters. The summed E-state index contributed by atoms with van der Waals surface area (Å²) in [6.45, 7) is 0. The minimum atomic E-state index is -1.16. The van der Waals surface area contributed by atoms with Crippen LogP contribution in [0.2, 0.25) is 0 Å². The third kappa shape index (κ3) is 1.29. The van der Waals surface area contributed by atoms with Gasteiger partial charge < -0.3 is 4.98 Å². The molecule has 0 fully saturated rings. The summed E-state index contributed by atoms with van der Waals surface area (Å²) in [7, 11) is 0. The Balaban J connectivity index is 3.34. The van der Waals surface area contributed by atoms with Gasteiger partial charge in [0.05, 0.1) is 6.20 Å². The first-order valence-electron chi connectivity index (χ1n) is 2.10. The lowest BCUT2D eigenvalue weighted by molar-refractivity contribution is 0.451.